The van der Waals surface area contributed by atoms with Gasteiger partial charge in [-0.3, -0.25) is 9.79 Å². The summed E-state index contributed by atoms with van der Waals surface area (Å²) < 4.78 is 23.5. The number of ether oxygens (including phenoxy) is 2. The molecular weight excluding hydrogens is 442 g/mol. The lowest BCUT2D eigenvalue weighted by molar-refractivity contribution is -0.120. The minimum Gasteiger partial charge on any atom is -0.494 e. The van der Waals surface area contributed by atoms with Gasteiger partial charge in [-0.05, 0) is 17.7 Å². The molecule has 0 atom stereocenters. The minimum atomic E-state index is -0.413. The van der Waals surface area contributed by atoms with E-state index in [-0.39, 0.29) is 42.2 Å². The maximum Gasteiger partial charge on any atom is 0.239 e. The topological polar surface area (TPSA) is 75.2 Å². The molecule has 142 valence electrons. The highest BCUT2D eigenvalue weighted by Crippen LogP contribution is 2.18. The van der Waals surface area contributed by atoms with E-state index in [1.807, 2.05) is 0 Å². The number of guanidine groups is 1. The number of carbonyl (C=O) groups excluding carboxylic acids is 1. The lowest BCUT2D eigenvalue weighted by Crippen LogP contribution is -2.44. The lowest BCUT2D eigenvalue weighted by Gasteiger charge is -2.22. The second kappa shape index (κ2) is 12.7. The molecule has 1 amide bonds. The molecule has 0 spiro atoms. The summed E-state index contributed by atoms with van der Waals surface area (Å²) in [6, 6.07) is 4.78. The zero-order chi connectivity index (χ0) is 17.9. The molecule has 0 aliphatic rings. The van der Waals surface area contributed by atoms with E-state index in [1.54, 1.807) is 38.2 Å². The Morgan fingerprint density at radius 1 is 1.32 bits per heavy atom. The van der Waals surface area contributed by atoms with Gasteiger partial charge in [0.1, 0.15) is 0 Å². The first kappa shape index (κ1) is 23.4. The number of nitrogens with zero attached hydrogens (tertiary/aromatic N) is 2. The molecule has 25 heavy (non-hydrogen) atoms. The highest BCUT2D eigenvalue weighted by Gasteiger charge is 2.10. The summed E-state index contributed by atoms with van der Waals surface area (Å²) in [6.45, 7) is 1.45. The largest absolute Gasteiger partial charge is 0.494 e. The number of halogens is 2. The van der Waals surface area contributed by atoms with Crippen LogP contribution in [-0.4, -0.2) is 64.8 Å². The van der Waals surface area contributed by atoms with Gasteiger partial charge in [-0.25, -0.2) is 4.39 Å². The second-order valence-corrected chi connectivity index (χ2v) is 5.07. The fourth-order valence-corrected chi connectivity index (χ4v) is 2.06. The molecule has 0 aliphatic carbocycles. The minimum absolute atomic E-state index is 0. The number of hydrogen-bond donors (Lipinski definition) is 2. The van der Waals surface area contributed by atoms with Crippen LogP contribution in [0.4, 0.5) is 4.39 Å². The fourth-order valence-electron chi connectivity index (χ4n) is 2.06. The quantitative estimate of drug-likeness (QED) is 0.260. The van der Waals surface area contributed by atoms with E-state index in [0.717, 1.165) is 5.56 Å². The smallest absolute Gasteiger partial charge is 0.239 e. The fraction of sp³-hybridized carbons (Fsp3) is 0.500. The summed E-state index contributed by atoms with van der Waals surface area (Å²) in [5, 5.41) is 5.67. The Morgan fingerprint density at radius 3 is 2.60 bits per heavy atom. The van der Waals surface area contributed by atoms with E-state index < -0.39 is 5.82 Å². The van der Waals surface area contributed by atoms with Gasteiger partial charge >= 0.3 is 0 Å². The van der Waals surface area contributed by atoms with Gasteiger partial charge in [-0.15, -0.1) is 24.0 Å². The first-order valence-corrected chi connectivity index (χ1v) is 7.51. The SMILES string of the molecule is CN=C(NCC(=O)NCCOC)N(C)Cc1ccc(OC)c(F)c1.I. The molecule has 0 saturated heterocycles. The average Bonchev–Trinajstić information content (AvgIpc) is 2.56. The predicted molar refractivity (Wildman–Crippen MR) is 106 cm³/mol. The second-order valence-electron chi connectivity index (χ2n) is 5.07. The van der Waals surface area contributed by atoms with Crippen molar-refractivity contribution in [3.63, 3.8) is 0 Å². The molecule has 0 heterocycles. The van der Waals surface area contributed by atoms with E-state index in [2.05, 4.69) is 15.6 Å². The van der Waals surface area contributed by atoms with E-state index >= 15 is 0 Å². The molecule has 0 fully saturated rings. The maximum atomic E-state index is 13.7. The summed E-state index contributed by atoms with van der Waals surface area (Å²) in [5.41, 5.74) is 0.767. The van der Waals surface area contributed by atoms with Crippen molar-refractivity contribution in [1.82, 2.24) is 15.5 Å². The standard InChI is InChI=1S/C16H25FN4O3.HI/c1-18-16(20-10-15(22)19-7-8-23-3)21(2)11-12-5-6-14(24-4)13(17)9-12;/h5-6,9H,7-8,10-11H2,1-4H3,(H,18,20)(H,19,22);1H. The summed E-state index contributed by atoms with van der Waals surface area (Å²) in [4.78, 5) is 17.6. The van der Waals surface area contributed by atoms with Crippen LogP contribution in [0, 0.1) is 5.82 Å². The number of rotatable bonds is 8. The molecule has 0 unspecified atom stereocenters. The van der Waals surface area contributed by atoms with Gasteiger partial charge < -0.3 is 25.0 Å². The van der Waals surface area contributed by atoms with Crippen LogP contribution in [0.1, 0.15) is 5.56 Å². The highest BCUT2D eigenvalue weighted by atomic mass is 127. The van der Waals surface area contributed by atoms with Crippen molar-refractivity contribution in [3.05, 3.63) is 29.6 Å². The van der Waals surface area contributed by atoms with Crippen molar-refractivity contribution in [1.29, 1.82) is 0 Å². The van der Waals surface area contributed by atoms with Gasteiger partial charge in [0.15, 0.2) is 17.5 Å². The number of hydrogen-bond acceptors (Lipinski definition) is 4. The van der Waals surface area contributed by atoms with E-state index in [0.29, 0.717) is 25.7 Å². The van der Waals surface area contributed by atoms with Crippen LogP contribution in [0.5, 0.6) is 5.75 Å². The van der Waals surface area contributed by atoms with Crippen molar-refractivity contribution in [2.24, 2.45) is 4.99 Å². The van der Waals surface area contributed by atoms with Crippen molar-refractivity contribution < 1.29 is 18.7 Å². The number of aliphatic imine (C=N–C) groups is 1. The lowest BCUT2D eigenvalue weighted by atomic mass is 10.2. The first-order chi connectivity index (χ1) is 11.5. The monoisotopic (exact) mass is 468 g/mol. The third kappa shape index (κ3) is 8.34. The van der Waals surface area contributed by atoms with Crippen LogP contribution in [-0.2, 0) is 16.1 Å². The molecule has 1 aromatic carbocycles. The Hall–Kier alpha value is -1.62. The summed E-state index contributed by atoms with van der Waals surface area (Å²) in [6.07, 6.45) is 0. The summed E-state index contributed by atoms with van der Waals surface area (Å²) in [5.74, 6) is 0.172. The molecule has 0 aromatic heterocycles. The zero-order valence-corrected chi connectivity index (χ0v) is 17.3. The van der Waals surface area contributed by atoms with Gasteiger partial charge in [-0.1, -0.05) is 6.07 Å². The molecule has 1 rings (SSSR count). The normalized spacial score (nSPS) is 10.7. The van der Waals surface area contributed by atoms with Crippen molar-refractivity contribution >= 4 is 35.8 Å². The van der Waals surface area contributed by atoms with E-state index in [4.69, 9.17) is 9.47 Å². The van der Waals surface area contributed by atoms with Gasteiger partial charge in [-0.2, -0.15) is 0 Å². The van der Waals surface area contributed by atoms with Gasteiger partial charge in [0.25, 0.3) is 0 Å². The first-order valence-electron chi connectivity index (χ1n) is 7.51. The van der Waals surface area contributed by atoms with E-state index in [1.165, 1.54) is 13.2 Å². The van der Waals surface area contributed by atoms with Crippen LogP contribution >= 0.6 is 24.0 Å². The Morgan fingerprint density at radius 2 is 2.04 bits per heavy atom. The summed E-state index contributed by atoms with van der Waals surface area (Å²) >= 11 is 0. The Kier molecular flexibility index (Phi) is 11.9. The third-order valence-electron chi connectivity index (χ3n) is 3.24. The van der Waals surface area contributed by atoms with Gasteiger partial charge in [0, 0.05) is 34.3 Å². The number of methoxy groups -OCH3 is 2. The molecule has 1 aromatic rings. The Labute approximate surface area is 165 Å². The van der Waals surface area contributed by atoms with Crippen molar-refractivity contribution in [2.75, 3.05) is 48.0 Å². The highest BCUT2D eigenvalue weighted by molar-refractivity contribution is 14.0. The number of nitrogens with one attached hydrogen (secondary N) is 2. The van der Waals surface area contributed by atoms with Crippen LogP contribution < -0.4 is 15.4 Å². The summed E-state index contributed by atoms with van der Waals surface area (Å²) in [7, 11) is 6.42. The van der Waals surface area contributed by atoms with E-state index in [9.17, 15) is 9.18 Å². The molecule has 0 aliphatic heterocycles. The van der Waals surface area contributed by atoms with Crippen molar-refractivity contribution in [3.8, 4) is 5.75 Å². The molecule has 2 N–H and O–H groups in total. The number of amides is 1. The molecule has 0 saturated carbocycles. The number of benzene rings is 1. The molecule has 0 radical (unpaired) electrons. The third-order valence-corrected chi connectivity index (χ3v) is 3.24. The average molecular weight is 468 g/mol. The molecule has 7 nitrogen and oxygen atoms in total. The Bertz CT molecular complexity index is 572. The Balaban J connectivity index is 0.00000576. The van der Waals surface area contributed by atoms with Crippen molar-refractivity contribution in [2.45, 2.75) is 6.54 Å². The van der Waals surface area contributed by atoms with Gasteiger partial charge in [0.2, 0.25) is 5.91 Å². The van der Waals surface area contributed by atoms with Crippen LogP contribution in [0.15, 0.2) is 23.2 Å². The number of carbonyl (C=O) groups is 1. The van der Waals surface area contributed by atoms with Crippen LogP contribution in [0.25, 0.3) is 0 Å². The van der Waals surface area contributed by atoms with Crippen LogP contribution in [0.2, 0.25) is 0 Å². The molecule has 9 heteroatoms. The molecule has 0 bridgehead atoms. The predicted octanol–water partition coefficient (Wildman–Crippen LogP) is 1.22. The maximum absolute atomic E-state index is 13.7. The molecular formula is C16H26FIN4O3. The zero-order valence-electron chi connectivity index (χ0n) is 15.0. The van der Waals surface area contributed by atoms with Gasteiger partial charge in [0.05, 0.1) is 20.3 Å². The van der Waals surface area contributed by atoms with Crippen LogP contribution in [0.3, 0.4) is 0 Å².